The minimum absolute atomic E-state index is 0.330. The van der Waals surface area contributed by atoms with Gasteiger partial charge in [-0.15, -0.1) is 0 Å². The molecule has 0 aliphatic heterocycles. The quantitative estimate of drug-likeness (QED) is 0.714. The van der Waals surface area contributed by atoms with Crippen LogP contribution in [0.3, 0.4) is 0 Å². The van der Waals surface area contributed by atoms with Gasteiger partial charge in [0, 0.05) is 16.6 Å². The molecule has 2 aromatic carbocycles. The molecule has 5 heteroatoms. The zero-order chi connectivity index (χ0) is 16.2. The Hall–Kier alpha value is -2.77. The second kappa shape index (κ2) is 6.55. The van der Waals surface area contributed by atoms with Gasteiger partial charge in [-0.3, -0.25) is 0 Å². The summed E-state index contributed by atoms with van der Waals surface area (Å²) in [5.41, 5.74) is 2.27. The molecule has 0 aliphatic carbocycles. The van der Waals surface area contributed by atoms with Crippen LogP contribution in [-0.4, -0.2) is 12.1 Å². The van der Waals surface area contributed by atoms with Crippen LogP contribution in [0, 0.1) is 11.3 Å². The zero-order valence-corrected chi connectivity index (χ0v) is 13.2. The van der Waals surface area contributed by atoms with Crippen LogP contribution in [0.4, 0.5) is 5.69 Å². The number of halogens is 1. The molecular weight excluding hydrogens is 310 g/mol. The number of nitrogens with zero attached hydrogens (tertiary/aromatic N) is 2. The lowest BCUT2D eigenvalue weighted by Crippen LogP contribution is -2.09. The van der Waals surface area contributed by atoms with E-state index in [0.29, 0.717) is 10.7 Å². The fourth-order valence-corrected chi connectivity index (χ4v) is 2.60. The van der Waals surface area contributed by atoms with Crippen LogP contribution < -0.4 is 10.1 Å². The van der Waals surface area contributed by atoms with Gasteiger partial charge < -0.3 is 10.1 Å². The topological polar surface area (TPSA) is 57.9 Å². The third-order valence-corrected chi connectivity index (χ3v) is 3.85. The molecule has 0 saturated carbocycles. The molecule has 3 rings (SSSR count). The van der Waals surface area contributed by atoms with Crippen molar-refractivity contribution in [3.63, 3.8) is 0 Å². The summed E-state index contributed by atoms with van der Waals surface area (Å²) in [6, 6.07) is 18.6. The third-order valence-electron chi connectivity index (χ3n) is 3.55. The molecule has 23 heavy (non-hydrogen) atoms. The highest BCUT2D eigenvalue weighted by atomic mass is 35.5. The number of pyridine rings is 1. The highest BCUT2D eigenvalue weighted by molar-refractivity contribution is 6.30. The number of hydrogen-bond acceptors (Lipinski definition) is 4. The Labute approximate surface area is 139 Å². The predicted octanol–water partition coefficient (Wildman–Crippen LogP) is 4.57. The number of hydrogen-bond donors (Lipinski definition) is 1. The van der Waals surface area contributed by atoms with Crippen molar-refractivity contribution in [2.24, 2.45) is 0 Å². The van der Waals surface area contributed by atoms with E-state index >= 15 is 0 Å². The van der Waals surface area contributed by atoms with E-state index in [2.05, 4.69) is 16.4 Å². The van der Waals surface area contributed by atoms with Crippen LogP contribution in [0.15, 0.2) is 54.6 Å². The van der Waals surface area contributed by atoms with Gasteiger partial charge in [0.25, 0.3) is 0 Å². The first-order valence-electron chi connectivity index (χ1n) is 7.06. The maximum Gasteiger partial charge on any atom is 0.143 e. The lowest BCUT2D eigenvalue weighted by Gasteiger charge is -2.15. The van der Waals surface area contributed by atoms with Crippen molar-refractivity contribution in [3.05, 3.63) is 65.3 Å². The Morgan fingerprint density at radius 3 is 2.61 bits per heavy atom. The Morgan fingerprint density at radius 1 is 1.17 bits per heavy atom. The van der Waals surface area contributed by atoms with E-state index < -0.39 is 6.04 Å². The summed E-state index contributed by atoms with van der Waals surface area (Å²) in [5, 5.41) is 14.0. The summed E-state index contributed by atoms with van der Waals surface area (Å²) >= 11 is 6.27. The summed E-state index contributed by atoms with van der Waals surface area (Å²) in [6.45, 7) is 0. The average Bonchev–Trinajstić information content (AvgIpc) is 2.60. The molecule has 1 N–H and O–H groups in total. The number of para-hydroxylation sites is 1. The van der Waals surface area contributed by atoms with Crippen LogP contribution in [0.25, 0.3) is 10.9 Å². The van der Waals surface area contributed by atoms with Gasteiger partial charge in [0.2, 0.25) is 0 Å². The standard InChI is InChI=1S/C18H14ClN3O/c1-23-14-8-6-13(7-9-14)21-17(11-20)15-10-12-4-2-3-5-16(12)22-18(15)19/h2-10,17,21H,1H3. The van der Waals surface area contributed by atoms with Gasteiger partial charge in [-0.2, -0.15) is 5.26 Å². The Balaban J connectivity index is 1.94. The normalized spacial score (nSPS) is 11.7. The first-order valence-corrected chi connectivity index (χ1v) is 7.44. The minimum atomic E-state index is -0.590. The molecule has 0 aliphatic rings. The highest BCUT2D eigenvalue weighted by Crippen LogP contribution is 2.28. The van der Waals surface area contributed by atoms with Crippen molar-refractivity contribution in [2.45, 2.75) is 6.04 Å². The summed E-state index contributed by atoms with van der Waals surface area (Å²) in [6.07, 6.45) is 0. The molecule has 0 spiro atoms. The number of nitrogens with one attached hydrogen (secondary N) is 1. The van der Waals surface area contributed by atoms with Crippen molar-refractivity contribution in [2.75, 3.05) is 12.4 Å². The summed E-state index contributed by atoms with van der Waals surface area (Å²) in [4.78, 5) is 4.37. The van der Waals surface area contributed by atoms with Crippen LogP contribution in [-0.2, 0) is 0 Å². The Bertz CT molecular complexity index is 872. The second-order valence-electron chi connectivity index (χ2n) is 5.00. The second-order valence-corrected chi connectivity index (χ2v) is 5.35. The Kier molecular flexibility index (Phi) is 4.31. The Morgan fingerprint density at radius 2 is 1.91 bits per heavy atom. The van der Waals surface area contributed by atoms with Crippen molar-refractivity contribution in [1.29, 1.82) is 5.26 Å². The molecule has 1 atom stereocenters. The van der Waals surface area contributed by atoms with Gasteiger partial charge in [0.15, 0.2) is 0 Å². The van der Waals surface area contributed by atoms with Gasteiger partial charge in [-0.05, 0) is 36.4 Å². The number of methoxy groups -OCH3 is 1. The number of ether oxygens (including phenoxy) is 1. The van der Waals surface area contributed by atoms with E-state index in [1.807, 2.05) is 54.6 Å². The van der Waals surface area contributed by atoms with E-state index in [-0.39, 0.29) is 0 Å². The molecule has 0 fully saturated rings. The summed E-state index contributed by atoms with van der Waals surface area (Å²) in [5.74, 6) is 0.759. The van der Waals surface area contributed by atoms with Crippen LogP contribution in [0.1, 0.15) is 11.6 Å². The predicted molar refractivity (Wildman–Crippen MR) is 91.7 cm³/mol. The van der Waals surface area contributed by atoms with Crippen LogP contribution in [0.5, 0.6) is 5.75 Å². The van der Waals surface area contributed by atoms with E-state index in [1.54, 1.807) is 7.11 Å². The molecule has 1 unspecified atom stereocenters. The van der Waals surface area contributed by atoms with E-state index in [4.69, 9.17) is 16.3 Å². The van der Waals surface area contributed by atoms with Crippen molar-refractivity contribution < 1.29 is 4.74 Å². The fraction of sp³-hybridized carbons (Fsp3) is 0.111. The maximum atomic E-state index is 9.51. The smallest absolute Gasteiger partial charge is 0.143 e. The fourth-order valence-electron chi connectivity index (χ4n) is 2.34. The number of benzene rings is 2. The van der Waals surface area contributed by atoms with Crippen LogP contribution >= 0.6 is 11.6 Å². The van der Waals surface area contributed by atoms with Gasteiger partial charge in [-0.25, -0.2) is 4.98 Å². The molecule has 0 amide bonds. The minimum Gasteiger partial charge on any atom is -0.497 e. The largest absolute Gasteiger partial charge is 0.497 e. The molecule has 0 saturated heterocycles. The lowest BCUT2D eigenvalue weighted by atomic mass is 10.1. The molecule has 4 nitrogen and oxygen atoms in total. The molecule has 3 aromatic rings. The molecular formula is C18H14ClN3O. The molecule has 114 valence electrons. The van der Waals surface area contributed by atoms with E-state index in [0.717, 1.165) is 22.3 Å². The molecule has 1 heterocycles. The first kappa shape index (κ1) is 15.1. The highest BCUT2D eigenvalue weighted by Gasteiger charge is 2.16. The van der Waals surface area contributed by atoms with Crippen molar-refractivity contribution >= 4 is 28.2 Å². The molecule has 0 bridgehead atoms. The van der Waals surface area contributed by atoms with Crippen LogP contribution in [0.2, 0.25) is 5.15 Å². The number of rotatable bonds is 4. The first-order chi connectivity index (χ1) is 11.2. The number of anilines is 1. The van der Waals surface area contributed by atoms with Crippen molar-refractivity contribution in [1.82, 2.24) is 4.98 Å². The molecule has 1 aromatic heterocycles. The lowest BCUT2D eigenvalue weighted by molar-refractivity contribution is 0.415. The number of fused-ring (bicyclic) bond motifs is 1. The van der Waals surface area contributed by atoms with Crippen molar-refractivity contribution in [3.8, 4) is 11.8 Å². The SMILES string of the molecule is COc1ccc(NC(C#N)c2cc3ccccc3nc2Cl)cc1. The zero-order valence-electron chi connectivity index (χ0n) is 12.5. The third kappa shape index (κ3) is 3.20. The van der Waals surface area contributed by atoms with Gasteiger partial charge in [-0.1, -0.05) is 29.8 Å². The number of aromatic nitrogens is 1. The summed E-state index contributed by atoms with van der Waals surface area (Å²) < 4.78 is 5.13. The maximum absolute atomic E-state index is 9.51. The van der Waals surface area contributed by atoms with E-state index in [9.17, 15) is 5.26 Å². The monoisotopic (exact) mass is 323 g/mol. The van der Waals surface area contributed by atoms with Gasteiger partial charge >= 0.3 is 0 Å². The molecule has 0 radical (unpaired) electrons. The van der Waals surface area contributed by atoms with Gasteiger partial charge in [0.05, 0.1) is 18.7 Å². The van der Waals surface area contributed by atoms with Gasteiger partial charge in [0.1, 0.15) is 16.9 Å². The summed E-state index contributed by atoms with van der Waals surface area (Å²) in [7, 11) is 1.61. The van der Waals surface area contributed by atoms with E-state index in [1.165, 1.54) is 0 Å². The average molecular weight is 324 g/mol. The number of nitriles is 1.